The molecule has 1 saturated heterocycles. The van der Waals surface area contributed by atoms with Gasteiger partial charge in [0.1, 0.15) is 5.58 Å². The van der Waals surface area contributed by atoms with Gasteiger partial charge in [-0.25, -0.2) is 0 Å². The molecule has 1 aliphatic rings. The highest BCUT2D eigenvalue weighted by molar-refractivity contribution is 5.98. The van der Waals surface area contributed by atoms with Gasteiger partial charge in [0.25, 0.3) is 0 Å². The highest BCUT2D eigenvalue weighted by atomic mass is 16.3. The topological polar surface area (TPSA) is 50.5 Å². The van der Waals surface area contributed by atoms with Gasteiger partial charge in [0.15, 0.2) is 5.78 Å². The minimum Gasteiger partial charge on any atom is -0.464 e. The number of carbonyl (C=O) groups excluding carboxylic acids is 2. The molecule has 0 atom stereocenters. The Bertz CT molecular complexity index is 1010. The molecule has 1 amide bonds. The average Bonchev–Trinajstić information content (AvgIpc) is 3.10. The lowest BCUT2D eigenvalue weighted by molar-refractivity contribution is -0.131. The number of aryl methyl sites for hydroxylation is 2. The van der Waals surface area contributed by atoms with E-state index in [0.717, 1.165) is 34.9 Å². The molecule has 4 heteroatoms. The van der Waals surface area contributed by atoms with Crippen LogP contribution in [0.3, 0.4) is 0 Å². The first-order valence-corrected chi connectivity index (χ1v) is 9.87. The molecule has 28 heavy (non-hydrogen) atoms. The first-order chi connectivity index (χ1) is 13.5. The predicted octanol–water partition coefficient (Wildman–Crippen LogP) is 4.71. The van der Waals surface area contributed by atoms with Crippen LogP contribution < -0.4 is 0 Å². The standard InChI is InChI=1S/C24H25NO3/c1-16-12-21-20(15-28-22(21)13-17(16)2)14-23(26)25-10-8-19(9-11-25)24(27)18-6-4-3-5-7-18/h3-7,12-13,15,19H,8-11,14H2,1-2H3. The second-order valence-electron chi connectivity index (χ2n) is 7.76. The van der Waals surface area contributed by atoms with Gasteiger partial charge in [0, 0.05) is 35.5 Å². The van der Waals surface area contributed by atoms with Crippen molar-refractivity contribution in [2.24, 2.45) is 5.92 Å². The number of ketones is 1. The van der Waals surface area contributed by atoms with Gasteiger partial charge in [0.05, 0.1) is 12.7 Å². The summed E-state index contributed by atoms with van der Waals surface area (Å²) < 4.78 is 5.66. The zero-order valence-electron chi connectivity index (χ0n) is 16.4. The van der Waals surface area contributed by atoms with E-state index in [9.17, 15) is 9.59 Å². The van der Waals surface area contributed by atoms with Crippen LogP contribution in [-0.2, 0) is 11.2 Å². The van der Waals surface area contributed by atoms with E-state index in [4.69, 9.17) is 4.42 Å². The second-order valence-corrected chi connectivity index (χ2v) is 7.76. The van der Waals surface area contributed by atoms with Gasteiger partial charge in [-0.1, -0.05) is 30.3 Å². The Morgan fingerprint density at radius 3 is 2.43 bits per heavy atom. The van der Waals surface area contributed by atoms with Crippen molar-refractivity contribution in [3.8, 4) is 0 Å². The van der Waals surface area contributed by atoms with Gasteiger partial charge in [-0.3, -0.25) is 9.59 Å². The van der Waals surface area contributed by atoms with Crippen molar-refractivity contribution in [3.05, 3.63) is 71.0 Å². The second kappa shape index (κ2) is 7.63. The third kappa shape index (κ3) is 3.59. The Morgan fingerprint density at radius 1 is 1.04 bits per heavy atom. The van der Waals surface area contributed by atoms with E-state index in [-0.39, 0.29) is 17.6 Å². The SMILES string of the molecule is Cc1cc2occ(CC(=O)N3CCC(C(=O)c4ccccc4)CC3)c2cc1C. The van der Waals surface area contributed by atoms with Crippen molar-refractivity contribution in [2.75, 3.05) is 13.1 Å². The number of piperidine rings is 1. The number of furan rings is 1. The summed E-state index contributed by atoms with van der Waals surface area (Å²) in [6, 6.07) is 13.6. The molecule has 2 aromatic carbocycles. The van der Waals surface area contributed by atoms with Gasteiger partial charge in [0.2, 0.25) is 5.91 Å². The maximum Gasteiger partial charge on any atom is 0.227 e. The van der Waals surface area contributed by atoms with Crippen LogP contribution in [0, 0.1) is 19.8 Å². The first kappa shape index (κ1) is 18.5. The molecular formula is C24H25NO3. The zero-order chi connectivity index (χ0) is 19.7. The maximum absolute atomic E-state index is 12.8. The van der Waals surface area contributed by atoms with E-state index in [2.05, 4.69) is 19.9 Å². The van der Waals surface area contributed by atoms with E-state index in [1.54, 1.807) is 6.26 Å². The fourth-order valence-corrected chi connectivity index (χ4v) is 3.98. The largest absolute Gasteiger partial charge is 0.464 e. The molecule has 0 saturated carbocycles. The number of amides is 1. The minimum atomic E-state index is 0.00632. The molecule has 0 N–H and O–H groups in total. The fraction of sp³-hybridized carbons (Fsp3) is 0.333. The zero-order valence-corrected chi connectivity index (χ0v) is 16.4. The monoisotopic (exact) mass is 375 g/mol. The number of rotatable bonds is 4. The quantitative estimate of drug-likeness (QED) is 0.620. The number of carbonyl (C=O) groups is 2. The highest BCUT2D eigenvalue weighted by Crippen LogP contribution is 2.27. The van der Waals surface area contributed by atoms with Crippen LogP contribution in [-0.4, -0.2) is 29.7 Å². The van der Waals surface area contributed by atoms with Crippen LogP contribution in [0.1, 0.15) is 39.9 Å². The number of hydrogen-bond acceptors (Lipinski definition) is 3. The van der Waals surface area contributed by atoms with Crippen molar-refractivity contribution < 1.29 is 14.0 Å². The Labute approximate surface area is 165 Å². The first-order valence-electron chi connectivity index (χ1n) is 9.87. The van der Waals surface area contributed by atoms with Gasteiger partial charge >= 0.3 is 0 Å². The molecule has 144 valence electrons. The molecular weight excluding hydrogens is 350 g/mol. The number of benzene rings is 2. The summed E-state index contributed by atoms with van der Waals surface area (Å²) in [6.07, 6.45) is 3.49. The molecule has 0 unspecified atom stereocenters. The summed E-state index contributed by atoms with van der Waals surface area (Å²) in [6.45, 7) is 5.40. The number of nitrogens with zero attached hydrogens (tertiary/aromatic N) is 1. The van der Waals surface area contributed by atoms with Crippen molar-refractivity contribution in [1.82, 2.24) is 4.90 Å². The van der Waals surface area contributed by atoms with Gasteiger partial charge in [-0.2, -0.15) is 0 Å². The Balaban J connectivity index is 1.39. The van der Waals surface area contributed by atoms with Gasteiger partial charge in [-0.05, 0) is 49.9 Å². The van der Waals surface area contributed by atoms with Crippen LogP contribution in [0.15, 0.2) is 53.1 Å². The minimum absolute atomic E-state index is 0.00632. The smallest absolute Gasteiger partial charge is 0.227 e. The van der Waals surface area contributed by atoms with Gasteiger partial charge in [-0.15, -0.1) is 0 Å². The number of Topliss-reactive ketones (excluding diaryl/α,β-unsaturated/α-hetero) is 1. The number of fused-ring (bicyclic) bond motifs is 1. The third-order valence-electron chi connectivity index (χ3n) is 5.89. The normalized spacial score (nSPS) is 15.1. The van der Waals surface area contributed by atoms with E-state index in [0.29, 0.717) is 19.5 Å². The fourth-order valence-electron chi connectivity index (χ4n) is 3.98. The third-order valence-corrected chi connectivity index (χ3v) is 5.89. The summed E-state index contributed by atoms with van der Waals surface area (Å²) >= 11 is 0. The van der Waals surface area contributed by atoms with E-state index in [1.807, 2.05) is 41.3 Å². The maximum atomic E-state index is 12.8. The number of hydrogen-bond donors (Lipinski definition) is 0. The van der Waals surface area contributed by atoms with Crippen molar-refractivity contribution in [3.63, 3.8) is 0 Å². The molecule has 1 fully saturated rings. The Hall–Kier alpha value is -2.88. The van der Waals surface area contributed by atoms with E-state index >= 15 is 0 Å². The molecule has 1 aromatic heterocycles. The van der Waals surface area contributed by atoms with Crippen molar-refractivity contribution in [1.29, 1.82) is 0 Å². The molecule has 1 aliphatic heterocycles. The molecule has 0 spiro atoms. The molecule has 0 bridgehead atoms. The van der Waals surface area contributed by atoms with Crippen molar-refractivity contribution >= 4 is 22.7 Å². The van der Waals surface area contributed by atoms with Crippen LogP contribution in [0.4, 0.5) is 0 Å². The summed E-state index contributed by atoms with van der Waals surface area (Å²) in [5, 5.41) is 1.02. The molecule has 4 nitrogen and oxygen atoms in total. The molecule has 4 rings (SSSR count). The predicted molar refractivity (Wildman–Crippen MR) is 109 cm³/mol. The van der Waals surface area contributed by atoms with Crippen LogP contribution in [0.25, 0.3) is 11.0 Å². The summed E-state index contributed by atoms with van der Waals surface area (Å²) in [5.74, 6) is 0.303. The lowest BCUT2D eigenvalue weighted by atomic mass is 9.88. The Kier molecular flexibility index (Phi) is 5.03. The highest BCUT2D eigenvalue weighted by Gasteiger charge is 2.28. The van der Waals surface area contributed by atoms with E-state index < -0.39 is 0 Å². The number of likely N-dealkylation sites (tertiary alicyclic amines) is 1. The van der Waals surface area contributed by atoms with Crippen LogP contribution in [0.5, 0.6) is 0 Å². The van der Waals surface area contributed by atoms with E-state index in [1.165, 1.54) is 11.1 Å². The molecule has 3 aromatic rings. The van der Waals surface area contributed by atoms with Crippen LogP contribution in [0.2, 0.25) is 0 Å². The van der Waals surface area contributed by atoms with Crippen LogP contribution >= 0.6 is 0 Å². The molecule has 2 heterocycles. The average molecular weight is 375 g/mol. The van der Waals surface area contributed by atoms with Gasteiger partial charge < -0.3 is 9.32 Å². The molecule has 0 radical (unpaired) electrons. The Morgan fingerprint density at radius 2 is 1.71 bits per heavy atom. The lowest BCUT2D eigenvalue weighted by Gasteiger charge is -2.31. The lowest BCUT2D eigenvalue weighted by Crippen LogP contribution is -2.41. The summed E-state index contributed by atoms with van der Waals surface area (Å²) in [5.41, 5.74) is 4.92. The summed E-state index contributed by atoms with van der Waals surface area (Å²) in [7, 11) is 0. The summed E-state index contributed by atoms with van der Waals surface area (Å²) in [4.78, 5) is 27.3. The molecule has 0 aliphatic carbocycles. The van der Waals surface area contributed by atoms with Crippen molar-refractivity contribution in [2.45, 2.75) is 33.1 Å².